The van der Waals surface area contributed by atoms with Crippen molar-refractivity contribution in [2.45, 2.75) is 13.0 Å². The van der Waals surface area contributed by atoms with Crippen molar-refractivity contribution >= 4 is 5.97 Å². The van der Waals surface area contributed by atoms with E-state index in [-0.39, 0.29) is 12.7 Å². The summed E-state index contributed by atoms with van der Waals surface area (Å²) < 4.78 is 20.2. The van der Waals surface area contributed by atoms with Gasteiger partial charge in [0.1, 0.15) is 6.61 Å². The van der Waals surface area contributed by atoms with Crippen molar-refractivity contribution in [2.24, 2.45) is 0 Å². The number of esters is 1. The predicted molar refractivity (Wildman–Crippen MR) is 59.3 cm³/mol. The minimum Gasteiger partial charge on any atom is -0.460 e. The Morgan fingerprint density at radius 1 is 1.31 bits per heavy atom. The first kappa shape index (κ1) is 15.1. The maximum atomic E-state index is 10.6. The van der Waals surface area contributed by atoms with Crippen LogP contribution in [0.25, 0.3) is 0 Å². The Morgan fingerprint density at radius 2 is 2.00 bits per heavy atom. The number of methoxy groups -OCH3 is 1. The molecule has 1 unspecified atom stereocenters. The summed E-state index contributed by atoms with van der Waals surface area (Å²) in [6.45, 7) is 7.34. The van der Waals surface area contributed by atoms with Gasteiger partial charge in [-0.05, 0) is 6.92 Å². The number of carbonyl (C=O) groups excluding carboxylic acids is 1. The fraction of sp³-hybridized carbons (Fsp3) is 0.727. The molecule has 5 nitrogen and oxygen atoms in total. The van der Waals surface area contributed by atoms with E-state index in [0.29, 0.717) is 26.4 Å². The van der Waals surface area contributed by atoms with Gasteiger partial charge in [0, 0.05) is 13.2 Å². The van der Waals surface area contributed by atoms with Gasteiger partial charge >= 0.3 is 5.97 Å². The molecule has 0 fully saturated rings. The van der Waals surface area contributed by atoms with Gasteiger partial charge in [-0.2, -0.15) is 0 Å². The van der Waals surface area contributed by atoms with Gasteiger partial charge in [0.2, 0.25) is 0 Å². The normalized spacial score (nSPS) is 12.1. The molecule has 0 spiro atoms. The molecule has 0 aromatic carbocycles. The standard InChI is InChI=1S/C11H20O5/c1-4-11(12)16-8-6-14-5-7-15-10(2)9-13-3/h4,10H,1,5-9H2,2-3H3. The van der Waals surface area contributed by atoms with E-state index >= 15 is 0 Å². The summed E-state index contributed by atoms with van der Waals surface area (Å²) in [6.07, 6.45) is 1.18. The highest BCUT2D eigenvalue weighted by atomic mass is 16.6. The van der Waals surface area contributed by atoms with E-state index in [0.717, 1.165) is 6.08 Å². The molecule has 94 valence electrons. The van der Waals surface area contributed by atoms with Crippen molar-refractivity contribution in [2.75, 3.05) is 40.1 Å². The zero-order chi connectivity index (χ0) is 12.2. The Bertz CT molecular complexity index is 193. The Kier molecular flexibility index (Phi) is 10.00. The van der Waals surface area contributed by atoms with Crippen molar-refractivity contribution in [1.29, 1.82) is 0 Å². The molecular weight excluding hydrogens is 212 g/mol. The molecule has 1 atom stereocenters. The summed E-state index contributed by atoms with van der Waals surface area (Å²) in [6, 6.07) is 0. The van der Waals surface area contributed by atoms with Gasteiger partial charge in [-0.15, -0.1) is 0 Å². The van der Waals surface area contributed by atoms with Crippen LogP contribution in [0.4, 0.5) is 0 Å². The molecule has 0 aromatic heterocycles. The molecule has 0 N–H and O–H groups in total. The van der Waals surface area contributed by atoms with Gasteiger partial charge in [-0.25, -0.2) is 4.79 Å². The fourth-order valence-electron chi connectivity index (χ4n) is 0.953. The van der Waals surface area contributed by atoms with Crippen molar-refractivity contribution in [1.82, 2.24) is 0 Å². The van der Waals surface area contributed by atoms with Gasteiger partial charge in [0.05, 0.1) is 32.5 Å². The van der Waals surface area contributed by atoms with Gasteiger partial charge in [0.15, 0.2) is 0 Å². The van der Waals surface area contributed by atoms with Crippen LogP contribution in [-0.4, -0.2) is 52.2 Å². The SMILES string of the molecule is C=CC(=O)OCCOCCOC(C)COC. The van der Waals surface area contributed by atoms with Gasteiger partial charge < -0.3 is 18.9 Å². The minimum atomic E-state index is -0.437. The third-order valence-electron chi connectivity index (χ3n) is 1.67. The smallest absolute Gasteiger partial charge is 0.330 e. The van der Waals surface area contributed by atoms with E-state index in [2.05, 4.69) is 6.58 Å². The molecule has 0 saturated heterocycles. The largest absolute Gasteiger partial charge is 0.460 e. The first-order valence-electron chi connectivity index (χ1n) is 5.18. The van der Waals surface area contributed by atoms with Crippen molar-refractivity contribution in [3.63, 3.8) is 0 Å². The maximum absolute atomic E-state index is 10.6. The van der Waals surface area contributed by atoms with Crippen molar-refractivity contribution < 1.29 is 23.7 Å². The Hall–Kier alpha value is -0.910. The Balaban J connectivity index is 3.15. The number of ether oxygens (including phenoxy) is 4. The average molecular weight is 232 g/mol. The fourth-order valence-corrected chi connectivity index (χ4v) is 0.953. The molecule has 0 aromatic rings. The first-order valence-corrected chi connectivity index (χ1v) is 5.18. The number of hydrogen-bond acceptors (Lipinski definition) is 5. The van der Waals surface area contributed by atoms with Crippen LogP contribution >= 0.6 is 0 Å². The van der Waals surface area contributed by atoms with E-state index in [9.17, 15) is 4.79 Å². The van der Waals surface area contributed by atoms with Crippen LogP contribution < -0.4 is 0 Å². The summed E-state index contributed by atoms with van der Waals surface area (Å²) >= 11 is 0. The summed E-state index contributed by atoms with van der Waals surface area (Å²) in [7, 11) is 1.63. The molecule has 16 heavy (non-hydrogen) atoms. The number of carbonyl (C=O) groups is 1. The lowest BCUT2D eigenvalue weighted by molar-refractivity contribution is -0.139. The Morgan fingerprint density at radius 3 is 2.62 bits per heavy atom. The van der Waals surface area contributed by atoms with Crippen LogP contribution in [0.1, 0.15) is 6.92 Å². The second-order valence-electron chi connectivity index (χ2n) is 3.12. The van der Waals surface area contributed by atoms with Crippen LogP contribution in [0.2, 0.25) is 0 Å². The van der Waals surface area contributed by atoms with Gasteiger partial charge in [0.25, 0.3) is 0 Å². The molecule has 0 rings (SSSR count). The van der Waals surface area contributed by atoms with Crippen LogP contribution in [0.15, 0.2) is 12.7 Å². The van der Waals surface area contributed by atoms with E-state index < -0.39 is 5.97 Å². The lowest BCUT2D eigenvalue weighted by Crippen LogP contribution is -2.18. The van der Waals surface area contributed by atoms with Crippen LogP contribution in [0, 0.1) is 0 Å². The minimum absolute atomic E-state index is 0.0622. The zero-order valence-electron chi connectivity index (χ0n) is 9.94. The first-order chi connectivity index (χ1) is 7.70. The van der Waals surface area contributed by atoms with Crippen LogP contribution in [0.3, 0.4) is 0 Å². The molecule has 5 heteroatoms. The summed E-state index contributed by atoms with van der Waals surface area (Å²) in [5.74, 6) is -0.437. The molecule has 0 saturated carbocycles. The topological polar surface area (TPSA) is 54.0 Å². The lowest BCUT2D eigenvalue weighted by Gasteiger charge is -2.11. The number of hydrogen-bond donors (Lipinski definition) is 0. The zero-order valence-corrected chi connectivity index (χ0v) is 9.94. The summed E-state index contributed by atoms with van der Waals surface area (Å²) in [5, 5.41) is 0. The highest BCUT2D eigenvalue weighted by Gasteiger charge is 2.00. The molecule has 0 aliphatic carbocycles. The van der Waals surface area contributed by atoms with Crippen molar-refractivity contribution in [3.05, 3.63) is 12.7 Å². The highest BCUT2D eigenvalue weighted by molar-refractivity contribution is 5.81. The van der Waals surface area contributed by atoms with Crippen LogP contribution in [0.5, 0.6) is 0 Å². The van der Waals surface area contributed by atoms with Gasteiger partial charge in [-0.1, -0.05) is 6.58 Å². The predicted octanol–water partition coefficient (Wildman–Crippen LogP) is 0.784. The molecule has 0 aliphatic heterocycles. The van der Waals surface area contributed by atoms with Crippen molar-refractivity contribution in [3.8, 4) is 0 Å². The molecule has 0 radical (unpaired) electrons. The third kappa shape index (κ3) is 9.64. The number of rotatable bonds is 10. The molecule has 0 aliphatic rings. The quantitative estimate of drug-likeness (QED) is 0.316. The lowest BCUT2D eigenvalue weighted by atomic mass is 10.4. The second kappa shape index (κ2) is 10.6. The molecule has 0 bridgehead atoms. The van der Waals surface area contributed by atoms with E-state index in [1.807, 2.05) is 6.92 Å². The molecule has 0 amide bonds. The summed E-state index contributed by atoms with van der Waals surface area (Å²) in [5.41, 5.74) is 0. The van der Waals surface area contributed by atoms with E-state index in [1.54, 1.807) is 7.11 Å². The average Bonchev–Trinajstić information content (AvgIpc) is 2.27. The highest BCUT2D eigenvalue weighted by Crippen LogP contribution is 1.91. The third-order valence-corrected chi connectivity index (χ3v) is 1.67. The van der Waals surface area contributed by atoms with Crippen LogP contribution in [-0.2, 0) is 23.7 Å². The maximum Gasteiger partial charge on any atom is 0.330 e. The second-order valence-corrected chi connectivity index (χ2v) is 3.12. The Labute approximate surface area is 96.3 Å². The van der Waals surface area contributed by atoms with E-state index in [1.165, 1.54) is 0 Å². The van der Waals surface area contributed by atoms with E-state index in [4.69, 9.17) is 18.9 Å². The molecule has 0 heterocycles. The monoisotopic (exact) mass is 232 g/mol. The van der Waals surface area contributed by atoms with Gasteiger partial charge in [-0.3, -0.25) is 0 Å². The molecular formula is C11H20O5. The summed E-state index contributed by atoms with van der Waals surface area (Å²) in [4.78, 5) is 10.6.